The summed E-state index contributed by atoms with van der Waals surface area (Å²) in [5, 5.41) is 27.8. The average molecular weight is 308 g/mol. The number of carboxylic acid groups (broad SMARTS) is 2. The first-order valence-corrected chi connectivity index (χ1v) is 7.27. The van der Waals surface area contributed by atoms with Crippen molar-refractivity contribution in [2.75, 3.05) is 6.61 Å². The van der Waals surface area contributed by atoms with E-state index in [-0.39, 0.29) is 6.61 Å². The zero-order valence-electron chi connectivity index (χ0n) is 13.5. The molecule has 122 valence electrons. The smallest absolute Gasteiger partial charge is 0.311 e. The van der Waals surface area contributed by atoms with Gasteiger partial charge in [-0.05, 0) is 42.4 Å². The minimum Gasteiger partial charge on any atom is -0.481 e. The average Bonchev–Trinajstić information content (AvgIpc) is 2.33. The van der Waals surface area contributed by atoms with Gasteiger partial charge in [-0.25, -0.2) is 0 Å². The van der Waals surface area contributed by atoms with Crippen molar-refractivity contribution >= 4 is 11.9 Å². The maximum absolute atomic E-state index is 11.6. The van der Waals surface area contributed by atoms with Crippen LogP contribution in [0.1, 0.15) is 54.9 Å². The lowest BCUT2D eigenvalue weighted by Gasteiger charge is -2.31. The largest absolute Gasteiger partial charge is 0.481 e. The van der Waals surface area contributed by atoms with Gasteiger partial charge in [0.25, 0.3) is 0 Å². The molecule has 1 rings (SSSR count). The molecule has 0 amide bonds. The summed E-state index contributed by atoms with van der Waals surface area (Å²) in [6.07, 6.45) is 0.0176. The third kappa shape index (κ3) is 4.07. The maximum atomic E-state index is 11.6. The molecule has 5 nitrogen and oxygen atoms in total. The monoisotopic (exact) mass is 308 g/mol. The molecule has 0 aliphatic carbocycles. The Morgan fingerprint density at radius 3 is 2.23 bits per heavy atom. The molecule has 0 fully saturated rings. The molecule has 0 saturated heterocycles. The normalized spacial score (nSPS) is 13.0. The van der Waals surface area contributed by atoms with Crippen molar-refractivity contribution in [3.8, 4) is 0 Å². The molecule has 0 aliphatic heterocycles. The number of aliphatic carboxylic acids is 2. The molecule has 0 saturated carbocycles. The Bertz CT molecular complexity index is 575. The van der Waals surface area contributed by atoms with Crippen molar-refractivity contribution in [3.63, 3.8) is 0 Å². The highest BCUT2D eigenvalue weighted by atomic mass is 16.4. The van der Waals surface area contributed by atoms with Crippen LogP contribution in [0.15, 0.2) is 12.1 Å². The summed E-state index contributed by atoms with van der Waals surface area (Å²) >= 11 is 0. The minimum absolute atomic E-state index is 0.0174. The summed E-state index contributed by atoms with van der Waals surface area (Å²) in [6, 6.07) is 3.71. The van der Waals surface area contributed by atoms with Crippen molar-refractivity contribution < 1.29 is 24.9 Å². The first-order chi connectivity index (χ1) is 10.1. The van der Waals surface area contributed by atoms with Crippen LogP contribution in [0.2, 0.25) is 0 Å². The van der Waals surface area contributed by atoms with Crippen molar-refractivity contribution in [1.82, 2.24) is 0 Å². The number of carbonyl (C=O) groups is 2. The lowest BCUT2D eigenvalue weighted by Crippen LogP contribution is -2.26. The zero-order chi connectivity index (χ0) is 17.1. The SMILES string of the molecule is Cc1cc(C)c(C(C)(C)CCO)c(C(CC(=O)O)C(=O)O)c1. The highest BCUT2D eigenvalue weighted by Gasteiger charge is 2.32. The van der Waals surface area contributed by atoms with Crippen molar-refractivity contribution in [1.29, 1.82) is 0 Å². The quantitative estimate of drug-likeness (QED) is 0.719. The van der Waals surface area contributed by atoms with Crippen LogP contribution in [-0.4, -0.2) is 33.9 Å². The molecule has 1 aromatic rings. The van der Waals surface area contributed by atoms with Gasteiger partial charge in [-0.2, -0.15) is 0 Å². The van der Waals surface area contributed by atoms with Crippen molar-refractivity contribution in [3.05, 3.63) is 34.4 Å². The molecule has 0 spiro atoms. The van der Waals surface area contributed by atoms with Crippen LogP contribution < -0.4 is 0 Å². The third-order valence-corrected chi connectivity index (χ3v) is 3.98. The highest BCUT2D eigenvalue weighted by Crippen LogP contribution is 2.37. The Morgan fingerprint density at radius 2 is 1.77 bits per heavy atom. The van der Waals surface area contributed by atoms with Gasteiger partial charge in [0, 0.05) is 6.61 Å². The summed E-state index contributed by atoms with van der Waals surface area (Å²) < 4.78 is 0. The number of rotatable bonds is 7. The predicted molar refractivity (Wildman–Crippen MR) is 83.3 cm³/mol. The van der Waals surface area contributed by atoms with Crippen LogP contribution in [0.5, 0.6) is 0 Å². The first-order valence-electron chi connectivity index (χ1n) is 7.27. The van der Waals surface area contributed by atoms with E-state index >= 15 is 0 Å². The molecule has 3 N–H and O–H groups in total. The summed E-state index contributed by atoms with van der Waals surface area (Å²) in [6.45, 7) is 7.61. The Kier molecular flexibility index (Phi) is 5.72. The van der Waals surface area contributed by atoms with E-state index in [9.17, 15) is 19.8 Å². The van der Waals surface area contributed by atoms with Crippen molar-refractivity contribution in [2.45, 2.75) is 51.9 Å². The van der Waals surface area contributed by atoms with Gasteiger partial charge in [-0.1, -0.05) is 31.5 Å². The molecule has 0 heterocycles. The lowest BCUT2D eigenvalue weighted by atomic mass is 9.73. The first kappa shape index (κ1) is 18.2. The number of benzene rings is 1. The predicted octanol–water partition coefficient (Wildman–Crippen LogP) is 2.61. The number of aryl methyl sites for hydroxylation is 2. The molecular weight excluding hydrogens is 284 g/mol. The Balaban J connectivity index is 3.56. The molecular formula is C17H24O5. The van der Waals surface area contributed by atoms with Gasteiger partial charge in [-0.15, -0.1) is 0 Å². The van der Waals surface area contributed by atoms with Crippen LogP contribution in [0.25, 0.3) is 0 Å². The molecule has 22 heavy (non-hydrogen) atoms. The van der Waals surface area contributed by atoms with E-state index < -0.39 is 29.7 Å². The maximum Gasteiger partial charge on any atom is 0.311 e. The van der Waals surface area contributed by atoms with Crippen LogP contribution >= 0.6 is 0 Å². The highest BCUT2D eigenvalue weighted by molar-refractivity contribution is 5.83. The molecule has 1 atom stereocenters. The second-order valence-electron chi connectivity index (χ2n) is 6.39. The molecule has 0 radical (unpaired) electrons. The van der Waals surface area contributed by atoms with E-state index in [4.69, 9.17) is 5.11 Å². The summed E-state index contributed by atoms with van der Waals surface area (Å²) in [5.41, 5.74) is 2.73. The lowest BCUT2D eigenvalue weighted by molar-refractivity contribution is -0.145. The number of hydrogen-bond acceptors (Lipinski definition) is 3. The number of carboxylic acids is 2. The van der Waals surface area contributed by atoms with E-state index in [0.717, 1.165) is 16.7 Å². The van der Waals surface area contributed by atoms with E-state index in [1.54, 1.807) is 6.07 Å². The van der Waals surface area contributed by atoms with Gasteiger partial charge in [0.2, 0.25) is 0 Å². The summed E-state index contributed by atoms with van der Waals surface area (Å²) in [7, 11) is 0. The van der Waals surface area contributed by atoms with E-state index in [2.05, 4.69) is 0 Å². The van der Waals surface area contributed by atoms with Gasteiger partial charge in [0.15, 0.2) is 0 Å². The summed E-state index contributed by atoms with van der Waals surface area (Å²) in [5.74, 6) is -3.38. The second-order valence-corrected chi connectivity index (χ2v) is 6.39. The molecule has 0 aromatic heterocycles. The summed E-state index contributed by atoms with van der Waals surface area (Å²) in [4.78, 5) is 22.6. The number of hydrogen-bond donors (Lipinski definition) is 3. The fraction of sp³-hybridized carbons (Fsp3) is 0.529. The van der Waals surface area contributed by atoms with E-state index in [1.807, 2.05) is 33.8 Å². The van der Waals surface area contributed by atoms with Gasteiger partial charge in [-0.3, -0.25) is 9.59 Å². The van der Waals surface area contributed by atoms with E-state index in [0.29, 0.717) is 12.0 Å². The minimum atomic E-state index is -1.14. The second kappa shape index (κ2) is 6.92. The Labute approximate surface area is 130 Å². The van der Waals surface area contributed by atoms with Crippen molar-refractivity contribution in [2.24, 2.45) is 0 Å². The number of aliphatic hydroxyl groups is 1. The van der Waals surface area contributed by atoms with Crippen LogP contribution in [0.3, 0.4) is 0 Å². The van der Waals surface area contributed by atoms with Crippen LogP contribution in [0, 0.1) is 13.8 Å². The van der Waals surface area contributed by atoms with Crippen LogP contribution in [0.4, 0.5) is 0 Å². The fourth-order valence-electron chi connectivity index (χ4n) is 3.11. The molecule has 1 unspecified atom stereocenters. The van der Waals surface area contributed by atoms with E-state index in [1.165, 1.54) is 0 Å². The molecule has 1 aromatic carbocycles. The standard InChI is InChI=1S/C17H24O5/c1-10-7-11(2)15(17(3,4)5-6-18)12(8-10)13(16(21)22)9-14(19)20/h7-8,13,18H,5-6,9H2,1-4H3,(H,19,20)(H,21,22). The zero-order valence-corrected chi connectivity index (χ0v) is 13.5. The Hall–Kier alpha value is -1.88. The fourth-order valence-corrected chi connectivity index (χ4v) is 3.11. The van der Waals surface area contributed by atoms with Gasteiger partial charge >= 0.3 is 11.9 Å². The number of aliphatic hydroxyl groups excluding tert-OH is 1. The third-order valence-electron chi connectivity index (χ3n) is 3.98. The molecule has 0 aliphatic rings. The van der Waals surface area contributed by atoms with Gasteiger partial charge in [0.1, 0.15) is 0 Å². The molecule has 5 heteroatoms. The Morgan fingerprint density at radius 1 is 1.18 bits per heavy atom. The van der Waals surface area contributed by atoms with Gasteiger partial charge < -0.3 is 15.3 Å². The molecule has 0 bridgehead atoms. The van der Waals surface area contributed by atoms with Crippen LogP contribution in [-0.2, 0) is 15.0 Å². The topological polar surface area (TPSA) is 94.8 Å². The van der Waals surface area contributed by atoms with Gasteiger partial charge in [0.05, 0.1) is 12.3 Å².